The highest BCUT2D eigenvalue weighted by Gasteiger charge is 2.19. The maximum Gasteiger partial charge on any atom is 0.345 e. The van der Waals surface area contributed by atoms with Crippen LogP contribution in [-0.2, 0) is 4.74 Å². The van der Waals surface area contributed by atoms with Crippen LogP contribution in [0.1, 0.15) is 20.7 Å². The molecule has 0 aliphatic carbocycles. The van der Waals surface area contributed by atoms with E-state index in [0.717, 1.165) is 0 Å². The summed E-state index contributed by atoms with van der Waals surface area (Å²) in [5.74, 6) is -3.99. The van der Waals surface area contributed by atoms with Gasteiger partial charge in [-0.3, -0.25) is 0 Å². The molecule has 0 aromatic heterocycles. The lowest BCUT2D eigenvalue weighted by Gasteiger charge is -2.11. The number of hydrogen-bond donors (Lipinski definition) is 0. The van der Waals surface area contributed by atoms with Gasteiger partial charge < -0.3 is 14.2 Å². The summed E-state index contributed by atoms with van der Waals surface area (Å²) in [7, 11) is 2.52. The number of ether oxygens (including phenoxy) is 3. The van der Waals surface area contributed by atoms with Gasteiger partial charge in [0.1, 0.15) is 0 Å². The van der Waals surface area contributed by atoms with E-state index in [9.17, 15) is 18.4 Å². The summed E-state index contributed by atoms with van der Waals surface area (Å²) in [6.07, 6.45) is 0. The summed E-state index contributed by atoms with van der Waals surface area (Å²) < 4.78 is 41.0. The number of halogens is 3. The van der Waals surface area contributed by atoms with E-state index in [1.54, 1.807) is 0 Å². The van der Waals surface area contributed by atoms with Gasteiger partial charge in [-0.15, -0.1) is 0 Å². The molecule has 8 heteroatoms. The molecule has 0 radical (unpaired) electrons. The highest BCUT2D eigenvalue weighted by atomic mass is 35.5. The highest BCUT2D eigenvalue weighted by molar-refractivity contribution is 6.33. The predicted octanol–water partition coefficient (Wildman–Crippen LogP) is 3.63. The molecule has 0 atom stereocenters. The molecular weight excluding hydrogens is 346 g/mol. The molecule has 0 unspecified atom stereocenters. The Balaban J connectivity index is 2.32. The molecule has 0 aliphatic rings. The van der Waals surface area contributed by atoms with Crippen LogP contribution < -0.4 is 9.47 Å². The summed E-state index contributed by atoms with van der Waals surface area (Å²) >= 11 is 5.72. The minimum absolute atomic E-state index is 0.0315. The molecule has 2 rings (SSSR count). The van der Waals surface area contributed by atoms with Gasteiger partial charge in [0.2, 0.25) is 0 Å². The van der Waals surface area contributed by atoms with Crippen molar-refractivity contribution >= 4 is 23.5 Å². The van der Waals surface area contributed by atoms with E-state index in [2.05, 4.69) is 4.74 Å². The van der Waals surface area contributed by atoms with Crippen molar-refractivity contribution in [3.8, 4) is 11.5 Å². The van der Waals surface area contributed by atoms with E-state index in [1.807, 2.05) is 0 Å². The van der Waals surface area contributed by atoms with Gasteiger partial charge in [0.15, 0.2) is 23.1 Å². The van der Waals surface area contributed by atoms with Crippen molar-refractivity contribution in [1.82, 2.24) is 0 Å². The molecule has 0 N–H and O–H groups in total. The van der Waals surface area contributed by atoms with Crippen molar-refractivity contribution in [2.24, 2.45) is 0 Å². The number of rotatable bonds is 4. The zero-order valence-electron chi connectivity index (χ0n) is 12.6. The summed E-state index contributed by atoms with van der Waals surface area (Å²) in [4.78, 5) is 23.6. The predicted molar refractivity (Wildman–Crippen MR) is 80.7 cm³/mol. The van der Waals surface area contributed by atoms with E-state index in [1.165, 1.54) is 32.4 Å². The van der Waals surface area contributed by atoms with Crippen molar-refractivity contribution in [1.29, 1.82) is 0 Å². The van der Waals surface area contributed by atoms with Gasteiger partial charge in [-0.2, -0.15) is 0 Å². The van der Waals surface area contributed by atoms with E-state index in [0.29, 0.717) is 12.1 Å². The van der Waals surface area contributed by atoms with Crippen molar-refractivity contribution in [2.45, 2.75) is 0 Å². The molecule has 2 aromatic carbocycles. The van der Waals surface area contributed by atoms with Crippen LogP contribution in [0.2, 0.25) is 5.02 Å². The van der Waals surface area contributed by atoms with Crippen molar-refractivity contribution < 1.29 is 32.6 Å². The molecule has 0 spiro atoms. The number of hydrogen-bond acceptors (Lipinski definition) is 5. The second kappa shape index (κ2) is 7.27. The lowest BCUT2D eigenvalue weighted by Crippen LogP contribution is -2.11. The molecule has 0 aliphatic heterocycles. The second-order valence-electron chi connectivity index (χ2n) is 4.49. The van der Waals surface area contributed by atoms with Gasteiger partial charge in [0.25, 0.3) is 0 Å². The molecule has 5 nitrogen and oxygen atoms in total. The maximum atomic E-state index is 13.3. The zero-order valence-corrected chi connectivity index (χ0v) is 13.3. The first kappa shape index (κ1) is 17.7. The largest absolute Gasteiger partial charge is 0.493 e. The van der Waals surface area contributed by atoms with Gasteiger partial charge in [-0.1, -0.05) is 11.6 Å². The average Bonchev–Trinajstić information content (AvgIpc) is 2.57. The normalized spacial score (nSPS) is 10.2. The van der Waals surface area contributed by atoms with Crippen LogP contribution in [0.3, 0.4) is 0 Å². The van der Waals surface area contributed by atoms with Crippen LogP contribution >= 0.6 is 11.6 Å². The Morgan fingerprint density at radius 2 is 1.62 bits per heavy atom. The minimum Gasteiger partial charge on any atom is -0.493 e. The molecule has 24 heavy (non-hydrogen) atoms. The van der Waals surface area contributed by atoms with Crippen LogP contribution in [0.15, 0.2) is 30.3 Å². The molecule has 0 bridgehead atoms. The average molecular weight is 357 g/mol. The Labute approximate surface area is 140 Å². The SMILES string of the molecule is COC(=O)c1ccc(OC(=O)c2cc(F)c(F)cc2Cl)c(OC)c1. The van der Waals surface area contributed by atoms with Crippen LogP contribution in [0.5, 0.6) is 11.5 Å². The second-order valence-corrected chi connectivity index (χ2v) is 4.90. The van der Waals surface area contributed by atoms with Crippen molar-refractivity contribution in [3.63, 3.8) is 0 Å². The van der Waals surface area contributed by atoms with E-state index in [-0.39, 0.29) is 27.6 Å². The molecule has 2 aromatic rings. The Morgan fingerprint density at radius 3 is 2.25 bits per heavy atom. The van der Waals surface area contributed by atoms with Gasteiger partial charge in [0, 0.05) is 0 Å². The first-order chi connectivity index (χ1) is 11.4. The lowest BCUT2D eigenvalue weighted by molar-refractivity contribution is 0.0600. The highest BCUT2D eigenvalue weighted by Crippen LogP contribution is 2.30. The fraction of sp³-hybridized carbons (Fsp3) is 0.125. The number of carbonyl (C=O) groups is 2. The third-order valence-electron chi connectivity index (χ3n) is 3.02. The molecule has 126 valence electrons. The van der Waals surface area contributed by atoms with E-state index < -0.39 is 23.6 Å². The monoisotopic (exact) mass is 356 g/mol. The molecule has 0 saturated heterocycles. The summed E-state index contributed by atoms with van der Waals surface area (Å²) in [6.45, 7) is 0. The van der Waals surface area contributed by atoms with Crippen LogP contribution in [0.4, 0.5) is 8.78 Å². The first-order valence-electron chi connectivity index (χ1n) is 6.50. The van der Waals surface area contributed by atoms with Gasteiger partial charge in [-0.05, 0) is 30.3 Å². The quantitative estimate of drug-likeness (QED) is 0.475. The zero-order chi connectivity index (χ0) is 17.9. The molecular formula is C16H11ClF2O5. The topological polar surface area (TPSA) is 61.8 Å². The minimum atomic E-state index is -1.24. The van der Waals surface area contributed by atoms with Gasteiger partial charge in [0.05, 0.1) is 30.4 Å². The number of benzene rings is 2. The van der Waals surface area contributed by atoms with E-state index in [4.69, 9.17) is 21.1 Å². The fourth-order valence-electron chi connectivity index (χ4n) is 1.83. The molecule has 0 saturated carbocycles. The Kier molecular flexibility index (Phi) is 5.35. The smallest absolute Gasteiger partial charge is 0.345 e. The van der Waals surface area contributed by atoms with Crippen LogP contribution in [0, 0.1) is 11.6 Å². The fourth-order valence-corrected chi connectivity index (χ4v) is 2.06. The molecule has 0 amide bonds. The molecule has 0 fully saturated rings. The first-order valence-corrected chi connectivity index (χ1v) is 6.88. The molecule has 0 heterocycles. The van der Waals surface area contributed by atoms with Crippen molar-refractivity contribution in [3.05, 3.63) is 58.1 Å². The van der Waals surface area contributed by atoms with Crippen molar-refractivity contribution in [2.75, 3.05) is 14.2 Å². The van der Waals surface area contributed by atoms with Gasteiger partial charge in [-0.25, -0.2) is 18.4 Å². The third kappa shape index (κ3) is 3.62. The summed E-state index contributed by atoms with van der Waals surface area (Å²) in [6, 6.07) is 5.27. The van der Waals surface area contributed by atoms with Gasteiger partial charge >= 0.3 is 11.9 Å². The number of methoxy groups -OCH3 is 2. The Bertz CT molecular complexity index is 807. The Morgan fingerprint density at radius 1 is 0.958 bits per heavy atom. The van der Waals surface area contributed by atoms with Crippen LogP contribution in [-0.4, -0.2) is 26.2 Å². The standard InChI is InChI=1S/C16H11ClF2O5/c1-22-14-5-8(15(20)23-2)3-4-13(14)24-16(21)9-6-11(18)12(19)7-10(9)17/h3-7H,1-2H3. The number of esters is 2. The summed E-state index contributed by atoms with van der Waals surface area (Å²) in [5.41, 5.74) is -0.172. The lowest BCUT2D eigenvalue weighted by atomic mass is 10.2. The maximum absolute atomic E-state index is 13.3. The van der Waals surface area contributed by atoms with Crippen LogP contribution in [0.25, 0.3) is 0 Å². The third-order valence-corrected chi connectivity index (χ3v) is 3.33. The Hall–Kier alpha value is -2.67. The summed E-state index contributed by atoms with van der Waals surface area (Å²) in [5, 5.41) is -0.302. The van der Waals surface area contributed by atoms with E-state index >= 15 is 0 Å². The number of carbonyl (C=O) groups excluding carboxylic acids is 2.